The largest absolute Gasteiger partial charge is 0.304 e. The maximum absolute atomic E-state index is 2.76. The summed E-state index contributed by atoms with van der Waals surface area (Å²) < 4.78 is 0. The fraction of sp³-hybridized carbons (Fsp3) is 1.00. The molecule has 0 aliphatic carbocycles. The maximum Gasteiger partial charge on any atom is -0.000654 e. The van der Waals surface area contributed by atoms with E-state index in [9.17, 15) is 0 Å². The van der Waals surface area contributed by atoms with Gasteiger partial charge in [0, 0.05) is 0 Å². The lowest BCUT2D eigenvalue weighted by Crippen LogP contribution is -2.33. The smallest absolute Gasteiger partial charge is 0.000654 e. The van der Waals surface area contributed by atoms with Crippen molar-refractivity contribution in [3.05, 3.63) is 0 Å². The van der Waals surface area contributed by atoms with Crippen molar-refractivity contribution >= 4 is 0 Å². The number of unbranched alkanes of at least 4 members (excludes halogenated alkanes) is 9. The highest BCUT2D eigenvalue weighted by molar-refractivity contribution is 4.63. The van der Waals surface area contributed by atoms with Crippen molar-refractivity contribution in [1.82, 2.24) is 14.7 Å². The van der Waals surface area contributed by atoms with Crippen molar-refractivity contribution in [1.29, 1.82) is 0 Å². The third-order valence-electron chi connectivity index (χ3n) is 6.51. The summed E-state index contributed by atoms with van der Waals surface area (Å²) in [5, 5.41) is 0. The molecular weight excluding hydrogens is 354 g/mol. The van der Waals surface area contributed by atoms with Crippen molar-refractivity contribution in [2.24, 2.45) is 0 Å². The second-order valence-corrected chi connectivity index (χ2v) is 8.78. The summed E-state index contributed by atoms with van der Waals surface area (Å²) in [6.07, 6.45) is 17.0. The van der Waals surface area contributed by atoms with Crippen LogP contribution in [-0.4, -0.2) is 73.6 Å². The van der Waals surface area contributed by atoms with Gasteiger partial charge in [-0.2, -0.15) is 0 Å². The van der Waals surface area contributed by atoms with Crippen LogP contribution in [0.3, 0.4) is 0 Å². The van der Waals surface area contributed by atoms with E-state index in [2.05, 4.69) is 49.3 Å². The van der Waals surface area contributed by atoms with Crippen LogP contribution in [0.1, 0.15) is 112 Å². The lowest BCUT2D eigenvalue weighted by molar-refractivity contribution is 0.214. The monoisotopic (exact) mass is 411 g/mol. The van der Waals surface area contributed by atoms with Crippen LogP contribution < -0.4 is 0 Å². The Morgan fingerprint density at radius 3 is 1.00 bits per heavy atom. The fourth-order valence-corrected chi connectivity index (χ4v) is 4.27. The average molecular weight is 412 g/mol. The molecule has 0 fully saturated rings. The van der Waals surface area contributed by atoms with Crippen LogP contribution in [0.25, 0.3) is 0 Å². The predicted molar refractivity (Wildman–Crippen MR) is 133 cm³/mol. The van der Waals surface area contributed by atoms with E-state index in [-0.39, 0.29) is 0 Å². The van der Waals surface area contributed by atoms with Gasteiger partial charge in [0.25, 0.3) is 0 Å². The van der Waals surface area contributed by atoms with Gasteiger partial charge < -0.3 is 14.7 Å². The quantitative estimate of drug-likeness (QED) is 0.174. The van der Waals surface area contributed by atoms with Crippen molar-refractivity contribution in [3.8, 4) is 0 Å². The van der Waals surface area contributed by atoms with Gasteiger partial charge in [-0.15, -0.1) is 0 Å². The van der Waals surface area contributed by atoms with Gasteiger partial charge in [-0.1, -0.05) is 92.4 Å². The van der Waals surface area contributed by atoms with Crippen LogP contribution in [-0.2, 0) is 0 Å². The van der Waals surface area contributed by atoms with Gasteiger partial charge in [-0.3, -0.25) is 0 Å². The molecule has 3 heteroatoms. The summed E-state index contributed by atoms with van der Waals surface area (Å²) in [4.78, 5) is 7.89. The summed E-state index contributed by atoms with van der Waals surface area (Å²) in [5.74, 6) is 0. The minimum absolute atomic E-state index is 1.19. The topological polar surface area (TPSA) is 9.72 Å². The molecule has 0 aromatic carbocycles. The first-order valence-electron chi connectivity index (χ1n) is 13.4. The van der Waals surface area contributed by atoms with Gasteiger partial charge in [0.2, 0.25) is 0 Å². The van der Waals surface area contributed by atoms with Crippen molar-refractivity contribution in [2.45, 2.75) is 112 Å². The standard InChI is InChI=1S/C26H57N3/c1-6-11-12-13-14-15-16-17-18-19-22-29(25-20-23-27(7-2)8-3)26-21-24-28(9-4)10-5/h6-26H2,1-5H3. The van der Waals surface area contributed by atoms with E-state index in [1.165, 1.54) is 136 Å². The van der Waals surface area contributed by atoms with E-state index < -0.39 is 0 Å². The van der Waals surface area contributed by atoms with Crippen molar-refractivity contribution < 1.29 is 0 Å². The zero-order chi connectivity index (χ0) is 21.6. The number of hydrogen-bond acceptors (Lipinski definition) is 3. The Morgan fingerprint density at radius 2 is 0.621 bits per heavy atom. The molecule has 176 valence electrons. The van der Waals surface area contributed by atoms with E-state index in [4.69, 9.17) is 0 Å². The van der Waals surface area contributed by atoms with Crippen LogP contribution in [0.2, 0.25) is 0 Å². The second kappa shape index (κ2) is 22.6. The van der Waals surface area contributed by atoms with E-state index in [0.29, 0.717) is 0 Å². The predicted octanol–water partition coefficient (Wildman–Crippen LogP) is 6.67. The molecule has 3 nitrogen and oxygen atoms in total. The lowest BCUT2D eigenvalue weighted by Gasteiger charge is -2.26. The Labute approximate surface area is 185 Å². The molecule has 0 saturated heterocycles. The number of nitrogens with zero attached hydrogens (tertiary/aromatic N) is 3. The van der Waals surface area contributed by atoms with Gasteiger partial charge in [-0.05, 0) is 78.2 Å². The number of rotatable bonds is 23. The van der Waals surface area contributed by atoms with Gasteiger partial charge in [0.1, 0.15) is 0 Å². The van der Waals surface area contributed by atoms with Crippen LogP contribution >= 0.6 is 0 Å². The Bertz CT molecular complexity index is 282. The molecule has 0 aromatic rings. The maximum atomic E-state index is 2.76. The number of hydrogen-bond donors (Lipinski definition) is 0. The average Bonchev–Trinajstić information content (AvgIpc) is 2.75. The van der Waals surface area contributed by atoms with Crippen LogP contribution in [0.4, 0.5) is 0 Å². The van der Waals surface area contributed by atoms with E-state index in [1.54, 1.807) is 0 Å². The zero-order valence-electron chi connectivity index (χ0n) is 21.2. The van der Waals surface area contributed by atoms with Gasteiger partial charge >= 0.3 is 0 Å². The molecule has 0 N–H and O–H groups in total. The molecule has 0 amide bonds. The molecule has 0 spiro atoms. The summed E-state index contributed by atoms with van der Waals surface area (Å²) in [7, 11) is 0. The molecule has 0 atom stereocenters. The molecule has 0 aromatic heterocycles. The third kappa shape index (κ3) is 18.4. The van der Waals surface area contributed by atoms with Crippen LogP contribution in [0.15, 0.2) is 0 Å². The SMILES string of the molecule is CCCCCCCCCCCCN(CCCN(CC)CC)CCCN(CC)CC. The van der Waals surface area contributed by atoms with Crippen LogP contribution in [0.5, 0.6) is 0 Å². The second-order valence-electron chi connectivity index (χ2n) is 8.78. The Hall–Kier alpha value is -0.120. The van der Waals surface area contributed by atoms with Gasteiger partial charge in [-0.25, -0.2) is 0 Å². The normalized spacial score (nSPS) is 12.0. The summed E-state index contributed by atoms with van der Waals surface area (Å²) in [6, 6.07) is 0. The summed E-state index contributed by atoms with van der Waals surface area (Å²) >= 11 is 0. The van der Waals surface area contributed by atoms with E-state index in [0.717, 1.165) is 0 Å². The molecule has 0 unspecified atom stereocenters. The Morgan fingerprint density at radius 1 is 0.310 bits per heavy atom. The molecule has 0 bridgehead atoms. The molecule has 0 heterocycles. The van der Waals surface area contributed by atoms with Crippen molar-refractivity contribution in [3.63, 3.8) is 0 Å². The first kappa shape index (κ1) is 28.9. The molecule has 0 saturated carbocycles. The highest BCUT2D eigenvalue weighted by Crippen LogP contribution is 2.11. The highest BCUT2D eigenvalue weighted by Gasteiger charge is 2.07. The lowest BCUT2D eigenvalue weighted by atomic mass is 10.1. The molecular formula is C26H57N3. The molecule has 29 heavy (non-hydrogen) atoms. The van der Waals surface area contributed by atoms with Crippen molar-refractivity contribution in [2.75, 3.05) is 58.9 Å². The first-order valence-corrected chi connectivity index (χ1v) is 13.4. The first-order chi connectivity index (χ1) is 14.2. The van der Waals surface area contributed by atoms with Gasteiger partial charge in [0.05, 0.1) is 0 Å². The summed E-state index contributed by atoms with van der Waals surface area (Å²) in [6.45, 7) is 22.6. The fourth-order valence-electron chi connectivity index (χ4n) is 4.27. The summed E-state index contributed by atoms with van der Waals surface area (Å²) in [5.41, 5.74) is 0. The molecule has 0 aliphatic heterocycles. The highest BCUT2D eigenvalue weighted by atomic mass is 15.2. The Kier molecular flexibility index (Phi) is 22.5. The molecule has 0 rings (SSSR count). The van der Waals surface area contributed by atoms with E-state index in [1.807, 2.05) is 0 Å². The van der Waals surface area contributed by atoms with E-state index >= 15 is 0 Å². The minimum atomic E-state index is 1.19. The third-order valence-corrected chi connectivity index (χ3v) is 6.51. The zero-order valence-corrected chi connectivity index (χ0v) is 21.2. The van der Waals surface area contributed by atoms with Crippen LogP contribution in [0, 0.1) is 0 Å². The molecule has 0 radical (unpaired) electrons. The van der Waals surface area contributed by atoms with Gasteiger partial charge in [0.15, 0.2) is 0 Å². The Balaban J connectivity index is 3.97. The molecule has 0 aliphatic rings. The minimum Gasteiger partial charge on any atom is -0.304 e.